The summed E-state index contributed by atoms with van der Waals surface area (Å²) in [5.74, 6) is -3.71. The Morgan fingerprint density at radius 2 is 1.61 bits per heavy atom. The molecule has 3 amide bonds. The second-order valence-corrected chi connectivity index (χ2v) is 7.83. The summed E-state index contributed by atoms with van der Waals surface area (Å²) in [6, 6.07) is -3.15. The number of carboxylic acids is 2. The number of nitrogens with one attached hydrogen (secondary N) is 3. The molecule has 0 aromatic heterocycles. The largest absolute Gasteiger partial charge is 0.481 e. The minimum absolute atomic E-state index is 0.0822. The number of carbonyl (C=O) groups is 5. The van der Waals surface area contributed by atoms with E-state index in [1.807, 2.05) is 6.26 Å². The van der Waals surface area contributed by atoms with Crippen LogP contribution in [0.15, 0.2) is 0 Å². The Labute approximate surface area is 185 Å². The molecule has 9 N–H and O–H groups in total. The molecule has 3 atom stereocenters. The average molecular weight is 464 g/mol. The van der Waals surface area contributed by atoms with Gasteiger partial charge in [0.05, 0.1) is 12.6 Å². The normalized spacial score (nSPS) is 13.5. The van der Waals surface area contributed by atoms with Crippen molar-refractivity contribution in [1.29, 1.82) is 0 Å². The summed E-state index contributed by atoms with van der Waals surface area (Å²) in [6.07, 6.45) is 3.09. The molecule has 0 saturated carbocycles. The molecular weight excluding hydrogens is 430 g/mol. The van der Waals surface area contributed by atoms with Gasteiger partial charge in [0.2, 0.25) is 17.7 Å². The summed E-state index contributed by atoms with van der Waals surface area (Å²) < 4.78 is 0. The van der Waals surface area contributed by atoms with Crippen LogP contribution >= 0.6 is 11.8 Å². The fourth-order valence-electron chi connectivity index (χ4n) is 2.48. The Bertz CT molecular complexity index is 620. The van der Waals surface area contributed by atoms with E-state index >= 15 is 0 Å². The van der Waals surface area contributed by atoms with Crippen molar-refractivity contribution in [3.8, 4) is 0 Å². The molecule has 0 aliphatic carbocycles. The van der Waals surface area contributed by atoms with Crippen molar-refractivity contribution in [3.63, 3.8) is 0 Å². The van der Waals surface area contributed by atoms with Crippen molar-refractivity contribution in [2.24, 2.45) is 11.5 Å². The highest BCUT2D eigenvalue weighted by Gasteiger charge is 2.25. The van der Waals surface area contributed by atoms with E-state index in [9.17, 15) is 29.1 Å². The maximum atomic E-state index is 12.4. The Morgan fingerprint density at radius 1 is 0.935 bits per heavy atom. The fourth-order valence-corrected chi connectivity index (χ4v) is 2.95. The molecule has 0 bridgehead atoms. The molecule has 0 aromatic rings. The third-order valence-corrected chi connectivity index (χ3v) is 4.90. The third kappa shape index (κ3) is 13.5. The molecule has 0 aliphatic heterocycles. The highest BCUT2D eigenvalue weighted by molar-refractivity contribution is 7.98. The lowest BCUT2D eigenvalue weighted by atomic mass is 10.1. The number of rotatable bonds is 17. The van der Waals surface area contributed by atoms with Crippen molar-refractivity contribution in [1.82, 2.24) is 16.0 Å². The SMILES string of the molecule is CSCCC(NC(=O)C(N)CCC(=O)O)C(=O)NCC(=O)NC(CCCCN)C(=O)O. The maximum absolute atomic E-state index is 12.4. The number of hydrogen-bond donors (Lipinski definition) is 7. The molecule has 178 valence electrons. The Morgan fingerprint density at radius 3 is 2.16 bits per heavy atom. The summed E-state index contributed by atoms with van der Waals surface area (Å²) in [6.45, 7) is -0.0460. The van der Waals surface area contributed by atoms with Crippen molar-refractivity contribution < 1.29 is 34.2 Å². The molecule has 0 fully saturated rings. The van der Waals surface area contributed by atoms with Gasteiger partial charge in [-0.3, -0.25) is 19.2 Å². The van der Waals surface area contributed by atoms with Crippen LogP contribution in [0.5, 0.6) is 0 Å². The van der Waals surface area contributed by atoms with Gasteiger partial charge in [-0.2, -0.15) is 11.8 Å². The van der Waals surface area contributed by atoms with E-state index in [-0.39, 0.29) is 25.7 Å². The summed E-state index contributed by atoms with van der Waals surface area (Å²) in [7, 11) is 0. The van der Waals surface area contributed by atoms with Gasteiger partial charge < -0.3 is 37.6 Å². The average Bonchev–Trinajstić information content (AvgIpc) is 2.72. The van der Waals surface area contributed by atoms with Crippen LogP contribution in [0.2, 0.25) is 0 Å². The third-order valence-electron chi connectivity index (χ3n) is 4.25. The second-order valence-electron chi connectivity index (χ2n) is 6.84. The van der Waals surface area contributed by atoms with Gasteiger partial charge in [0.1, 0.15) is 12.1 Å². The Kier molecular flexibility index (Phi) is 15.1. The number of amides is 3. The first-order chi connectivity index (χ1) is 14.6. The van der Waals surface area contributed by atoms with Gasteiger partial charge in [-0.25, -0.2) is 4.79 Å². The smallest absolute Gasteiger partial charge is 0.326 e. The summed E-state index contributed by atoms with van der Waals surface area (Å²) >= 11 is 1.45. The lowest BCUT2D eigenvalue weighted by Gasteiger charge is -2.20. The van der Waals surface area contributed by atoms with E-state index in [0.717, 1.165) is 0 Å². The van der Waals surface area contributed by atoms with Gasteiger partial charge in [-0.15, -0.1) is 0 Å². The van der Waals surface area contributed by atoms with Crippen LogP contribution in [0.3, 0.4) is 0 Å². The number of carbonyl (C=O) groups excluding carboxylic acids is 3. The first-order valence-corrected chi connectivity index (χ1v) is 11.3. The predicted octanol–water partition coefficient (Wildman–Crippen LogP) is -1.77. The molecule has 0 spiro atoms. The van der Waals surface area contributed by atoms with E-state index in [0.29, 0.717) is 25.1 Å². The lowest BCUT2D eigenvalue weighted by Crippen LogP contribution is -2.53. The van der Waals surface area contributed by atoms with Gasteiger partial charge >= 0.3 is 11.9 Å². The van der Waals surface area contributed by atoms with E-state index < -0.39 is 54.3 Å². The van der Waals surface area contributed by atoms with E-state index in [1.165, 1.54) is 11.8 Å². The molecule has 12 nitrogen and oxygen atoms in total. The number of unbranched alkanes of at least 4 members (excludes halogenated alkanes) is 1. The highest BCUT2D eigenvalue weighted by atomic mass is 32.2. The molecule has 0 saturated heterocycles. The van der Waals surface area contributed by atoms with E-state index in [2.05, 4.69) is 16.0 Å². The van der Waals surface area contributed by atoms with Gasteiger partial charge in [-0.1, -0.05) is 0 Å². The number of nitrogens with two attached hydrogens (primary N) is 2. The van der Waals surface area contributed by atoms with Crippen LogP contribution in [0.4, 0.5) is 0 Å². The van der Waals surface area contributed by atoms with Crippen molar-refractivity contribution in [3.05, 3.63) is 0 Å². The molecule has 0 aromatic carbocycles. The number of hydrogen-bond acceptors (Lipinski definition) is 8. The molecule has 0 aliphatic rings. The van der Waals surface area contributed by atoms with Gasteiger partial charge in [0.15, 0.2) is 0 Å². The van der Waals surface area contributed by atoms with Crippen molar-refractivity contribution in [2.45, 2.75) is 56.7 Å². The maximum Gasteiger partial charge on any atom is 0.326 e. The summed E-state index contributed by atoms with van der Waals surface area (Å²) in [5.41, 5.74) is 11.0. The quantitative estimate of drug-likeness (QED) is 0.120. The van der Waals surface area contributed by atoms with Gasteiger partial charge in [0.25, 0.3) is 0 Å². The predicted molar refractivity (Wildman–Crippen MR) is 115 cm³/mol. The van der Waals surface area contributed by atoms with Crippen LogP contribution in [0.1, 0.15) is 38.5 Å². The zero-order chi connectivity index (χ0) is 23.8. The van der Waals surface area contributed by atoms with Gasteiger partial charge in [0, 0.05) is 6.42 Å². The molecule has 0 heterocycles. The minimum atomic E-state index is -1.18. The van der Waals surface area contributed by atoms with Crippen LogP contribution < -0.4 is 27.4 Å². The molecule has 0 rings (SSSR count). The zero-order valence-electron chi connectivity index (χ0n) is 17.6. The Hall–Kier alpha value is -2.38. The van der Waals surface area contributed by atoms with Crippen molar-refractivity contribution in [2.75, 3.05) is 25.1 Å². The van der Waals surface area contributed by atoms with Crippen LogP contribution in [-0.2, 0) is 24.0 Å². The number of carboxylic acid groups (broad SMARTS) is 2. The van der Waals surface area contributed by atoms with E-state index in [4.69, 9.17) is 16.6 Å². The standard InChI is InChI=1S/C18H33N5O7S/c1-31-9-7-12(23-16(27)11(20)5-6-15(25)26)17(28)21-10-14(24)22-13(18(29)30)4-2-3-8-19/h11-13H,2-10,19-20H2,1H3,(H,21,28)(H,22,24)(H,23,27)(H,25,26)(H,29,30). The minimum Gasteiger partial charge on any atom is -0.481 e. The monoisotopic (exact) mass is 463 g/mol. The van der Waals surface area contributed by atoms with E-state index in [1.54, 1.807) is 0 Å². The molecule has 3 unspecified atom stereocenters. The Balaban J connectivity index is 4.74. The van der Waals surface area contributed by atoms with Gasteiger partial charge in [-0.05, 0) is 50.7 Å². The van der Waals surface area contributed by atoms with Crippen LogP contribution in [-0.4, -0.2) is 83.1 Å². The number of aliphatic carboxylic acids is 2. The fraction of sp³-hybridized carbons (Fsp3) is 0.722. The van der Waals surface area contributed by atoms with Crippen molar-refractivity contribution >= 4 is 41.4 Å². The number of thioether (sulfide) groups is 1. The molecule has 13 heteroatoms. The lowest BCUT2D eigenvalue weighted by molar-refractivity contribution is -0.142. The molecular formula is C18H33N5O7S. The molecule has 0 radical (unpaired) electrons. The molecule has 31 heavy (non-hydrogen) atoms. The van der Waals surface area contributed by atoms with Crippen LogP contribution in [0, 0.1) is 0 Å². The zero-order valence-corrected chi connectivity index (χ0v) is 18.4. The second kappa shape index (κ2) is 16.3. The first kappa shape index (κ1) is 28.6. The highest BCUT2D eigenvalue weighted by Crippen LogP contribution is 2.04. The van der Waals surface area contributed by atoms with Crippen LogP contribution in [0.25, 0.3) is 0 Å². The first-order valence-electron chi connectivity index (χ1n) is 9.89. The summed E-state index contributed by atoms with van der Waals surface area (Å²) in [5, 5.41) is 25.0. The topological polar surface area (TPSA) is 214 Å². The summed E-state index contributed by atoms with van der Waals surface area (Å²) in [4.78, 5) is 58.5.